The van der Waals surface area contributed by atoms with Crippen LogP contribution in [0.1, 0.15) is 13.3 Å². The van der Waals surface area contributed by atoms with Crippen LogP contribution < -0.4 is 4.90 Å². The first-order valence-electron chi connectivity index (χ1n) is 6.54. The Bertz CT molecular complexity index is 496. The molecule has 0 unspecified atom stereocenters. The van der Waals surface area contributed by atoms with Gasteiger partial charge < -0.3 is 4.90 Å². The van der Waals surface area contributed by atoms with Gasteiger partial charge in [0.1, 0.15) is 0 Å². The largest absolute Gasteiger partial charge is 0.345 e. The Labute approximate surface area is 161 Å². The van der Waals surface area contributed by atoms with Gasteiger partial charge >= 0.3 is 0 Å². The highest BCUT2D eigenvalue weighted by atomic mass is 79.9. The van der Waals surface area contributed by atoms with E-state index in [0.29, 0.717) is 0 Å². The Kier molecular flexibility index (Phi) is 10.2. The summed E-state index contributed by atoms with van der Waals surface area (Å²) < 4.78 is 1.18. The van der Waals surface area contributed by atoms with Crippen LogP contribution >= 0.6 is 62.3 Å². The monoisotopic (exact) mass is 502 g/mol. The minimum Gasteiger partial charge on any atom is -0.345 e. The van der Waals surface area contributed by atoms with Gasteiger partial charge in [0.25, 0.3) is 0 Å². The second kappa shape index (κ2) is 10.1. The third-order valence-electron chi connectivity index (χ3n) is 3.36. The number of hydrogen-bond acceptors (Lipinski definition) is 5. The second-order valence-electron chi connectivity index (χ2n) is 4.67. The lowest BCUT2D eigenvalue weighted by molar-refractivity contribution is 0.258. The third kappa shape index (κ3) is 5.13. The SMILES string of the molecule is Br.Br.Br.CCCN1CCN(c2nc3ccncc3s2)CC1. The van der Waals surface area contributed by atoms with Crippen molar-refractivity contribution >= 4 is 77.6 Å². The highest BCUT2D eigenvalue weighted by Crippen LogP contribution is 2.28. The highest BCUT2D eigenvalue weighted by Gasteiger charge is 2.18. The van der Waals surface area contributed by atoms with E-state index in [4.69, 9.17) is 4.98 Å². The predicted molar refractivity (Wildman–Crippen MR) is 107 cm³/mol. The van der Waals surface area contributed by atoms with E-state index in [1.807, 2.05) is 18.5 Å². The van der Waals surface area contributed by atoms with Crippen LogP contribution in [0.2, 0.25) is 0 Å². The summed E-state index contributed by atoms with van der Waals surface area (Å²) in [6.07, 6.45) is 4.96. The van der Waals surface area contributed by atoms with Crippen LogP contribution in [-0.4, -0.2) is 47.6 Å². The molecule has 1 aliphatic rings. The quantitative estimate of drug-likeness (QED) is 0.633. The minimum atomic E-state index is 0. The molecule has 0 N–H and O–H groups in total. The van der Waals surface area contributed by atoms with Crippen LogP contribution in [0.5, 0.6) is 0 Å². The van der Waals surface area contributed by atoms with Gasteiger partial charge in [-0.25, -0.2) is 4.98 Å². The molecule has 0 amide bonds. The molecule has 2 aromatic heterocycles. The van der Waals surface area contributed by atoms with Crippen molar-refractivity contribution in [3.8, 4) is 0 Å². The molecular weight excluding hydrogens is 484 g/mol. The van der Waals surface area contributed by atoms with E-state index in [1.54, 1.807) is 11.3 Å². The number of thiazole rings is 1. The van der Waals surface area contributed by atoms with E-state index in [9.17, 15) is 0 Å². The molecule has 4 nitrogen and oxygen atoms in total. The summed E-state index contributed by atoms with van der Waals surface area (Å²) in [6.45, 7) is 7.95. The van der Waals surface area contributed by atoms with E-state index in [2.05, 4.69) is 21.7 Å². The molecule has 3 heterocycles. The fraction of sp³-hybridized carbons (Fsp3) is 0.538. The average molecular weight is 505 g/mol. The van der Waals surface area contributed by atoms with Crippen molar-refractivity contribution in [3.05, 3.63) is 18.5 Å². The predicted octanol–water partition coefficient (Wildman–Crippen LogP) is 3.96. The summed E-state index contributed by atoms with van der Waals surface area (Å²) in [6, 6.07) is 1.99. The Morgan fingerprint density at radius 3 is 2.48 bits per heavy atom. The Hall–Kier alpha value is 0.240. The fourth-order valence-electron chi connectivity index (χ4n) is 2.38. The number of fused-ring (bicyclic) bond motifs is 1. The van der Waals surface area contributed by atoms with E-state index in [1.165, 1.54) is 17.7 Å². The summed E-state index contributed by atoms with van der Waals surface area (Å²) in [7, 11) is 0. The fourth-order valence-corrected chi connectivity index (χ4v) is 3.37. The first-order valence-corrected chi connectivity index (χ1v) is 7.36. The molecule has 0 aliphatic carbocycles. The smallest absolute Gasteiger partial charge is 0.186 e. The van der Waals surface area contributed by atoms with Crippen molar-refractivity contribution in [2.75, 3.05) is 37.6 Å². The van der Waals surface area contributed by atoms with Crippen molar-refractivity contribution in [1.82, 2.24) is 14.9 Å². The summed E-state index contributed by atoms with van der Waals surface area (Å²) >= 11 is 1.75. The van der Waals surface area contributed by atoms with Gasteiger partial charge in [-0.3, -0.25) is 9.88 Å². The Balaban J connectivity index is 0.00000133. The molecule has 0 aromatic carbocycles. The number of nitrogens with zero attached hydrogens (tertiary/aromatic N) is 4. The zero-order valence-electron chi connectivity index (χ0n) is 11.9. The maximum Gasteiger partial charge on any atom is 0.186 e. The molecule has 21 heavy (non-hydrogen) atoms. The van der Waals surface area contributed by atoms with Crippen LogP contribution in [-0.2, 0) is 0 Å². The van der Waals surface area contributed by atoms with Crippen LogP contribution in [0.4, 0.5) is 5.13 Å². The molecule has 120 valence electrons. The van der Waals surface area contributed by atoms with Gasteiger partial charge in [-0.15, -0.1) is 50.9 Å². The van der Waals surface area contributed by atoms with E-state index >= 15 is 0 Å². The molecular formula is C13H21Br3N4S. The zero-order valence-corrected chi connectivity index (χ0v) is 17.9. The highest BCUT2D eigenvalue weighted by molar-refractivity contribution is 8.93. The lowest BCUT2D eigenvalue weighted by Crippen LogP contribution is -2.46. The first-order chi connectivity index (χ1) is 8.86. The number of aromatic nitrogens is 2. The minimum absolute atomic E-state index is 0. The zero-order chi connectivity index (χ0) is 12.4. The van der Waals surface area contributed by atoms with Crippen molar-refractivity contribution < 1.29 is 0 Å². The van der Waals surface area contributed by atoms with Gasteiger partial charge in [-0.1, -0.05) is 18.3 Å². The molecule has 0 atom stereocenters. The lowest BCUT2D eigenvalue weighted by Gasteiger charge is -2.34. The summed E-state index contributed by atoms with van der Waals surface area (Å²) in [5.74, 6) is 0. The maximum atomic E-state index is 4.69. The standard InChI is InChI=1S/C13H18N4S.3BrH/c1-2-5-16-6-8-17(9-7-16)13-15-11-3-4-14-10-12(11)18-13;;;/h3-4,10H,2,5-9H2,1H3;3*1H. The van der Waals surface area contributed by atoms with Crippen molar-refractivity contribution in [2.24, 2.45) is 0 Å². The second-order valence-corrected chi connectivity index (χ2v) is 5.68. The number of piperazine rings is 1. The molecule has 3 rings (SSSR count). The topological polar surface area (TPSA) is 32.3 Å². The van der Waals surface area contributed by atoms with Crippen molar-refractivity contribution in [2.45, 2.75) is 13.3 Å². The Morgan fingerprint density at radius 2 is 1.86 bits per heavy atom. The number of anilines is 1. The van der Waals surface area contributed by atoms with Crippen LogP contribution in [0.3, 0.4) is 0 Å². The van der Waals surface area contributed by atoms with Crippen LogP contribution in [0.25, 0.3) is 10.2 Å². The van der Waals surface area contributed by atoms with Gasteiger partial charge in [0.05, 0.1) is 10.2 Å². The van der Waals surface area contributed by atoms with Crippen molar-refractivity contribution in [3.63, 3.8) is 0 Å². The van der Waals surface area contributed by atoms with Crippen LogP contribution in [0.15, 0.2) is 18.5 Å². The first kappa shape index (κ1) is 21.2. The van der Waals surface area contributed by atoms with Gasteiger partial charge in [0.2, 0.25) is 0 Å². The summed E-state index contributed by atoms with van der Waals surface area (Å²) in [4.78, 5) is 13.8. The van der Waals surface area contributed by atoms with Gasteiger partial charge in [0, 0.05) is 38.6 Å². The van der Waals surface area contributed by atoms with Crippen molar-refractivity contribution in [1.29, 1.82) is 0 Å². The number of hydrogen-bond donors (Lipinski definition) is 0. The molecule has 1 fully saturated rings. The van der Waals surface area contributed by atoms with Gasteiger partial charge in [0.15, 0.2) is 5.13 Å². The molecule has 0 bridgehead atoms. The number of rotatable bonds is 3. The molecule has 0 spiro atoms. The molecule has 8 heteroatoms. The normalized spacial score (nSPS) is 15.0. The summed E-state index contributed by atoms with van der Waals surface area (Å²) in [5, 5.41) is 1.15. The van der Waals surface area contributed by atoms with Gasteiger partial charge in [-0.05, 0) is 19.0 Å². The third-order valence-corrected chi connectivity index (χ3v) is 4.43. The molecule has 2 aromatic rings. The molecule has 0 saturated carbocycles. The van der Waals surface area contributed by atoms with Crippen LogP contribution in [0, 0.1) is 0 Å². The molecule has 1 aliphatic heterocycles. The summed E-state index contributed by atoms with van der Waals surface area (Å²) in [5.41, 5.74) is 1.07. The van der Waals surface area contributed by atoms with Gasteiger partial charge in [-0.2, -0.15) is 0 Å². The average Bonchev–Trinajstić information content (AvgIpc) is 2.84. The lowest BCUT2D eigenvalue weighted by atomic mass is 10.3. The Morgan fingerprint density at radius 1 is 1.14 bits per heavy atom. The molecule has 1 saturated heterocycles. The van der Waals surface area contributed by atoms with E-state index < -0.39 is 0 Å². The molecule has 0 radical (unpaired) electrons. The van der Waals surface area contributed by atoms with E-state index in [-0.39, 0.29) is 50.9 Å². The number of halogens is 3. The maximum absolute atomic E-state index is 4.69. The number of pyridine rings is 1. The van der Waals surface area contributed by atoms with E-state index in [0.717, 1.165) is 36.8 Å².